The number of halogens is 1. The standard InChI is InChI=1S/C22H16ClNO/c23-19-13-11-18(12-14-19)22-24-20(16-7-3-1-4-8-16)15-21(25-22)17-9-5-2-6-10-17/h1-15,20H. The molecule has 0 bridgehead atoms. The number of hydrogen-bond donors (Lipinski definition) is 0. The minimum atomic E-state index is -0.0872. The fraction of sp³-hybridized carbons (Fsp3) is 0.0455. The van der Waals surface area contributed by atoms with Crippen molar-refractivity contribution in [2.45, 2.75) is 6.04 Å². The maximum absolute atomic E-state index is 6.12. The number of benzene rings is 3. The molecular formula is C22H16ClNO. The Bertz CT molecular complexity index is 915. The van der Waals surface area contributed by atoms with Crippen LogP contribution in [0.5, 0.6) is 0 Å². The third kappa shape index (κ3) is 3.49. The normalized spacial score (nSPS) is 16.6. The smallest absolute Gasteiger partial charge is 0.222 e. The number of nitrogens with zero attached hydrogens (tertiary/aromatic N) is 1. The third-order valence-corrected chi connectivity index (χ3v) is 4.31. The second-order valence-corrected chi connectivity index (χ2v) is 6.23. The molecule has 0 amide bonds. The molecule has 0 aliphatic carbocycles. The Morgan fingerprint density at radius 3 is 2.04 bits per heavy atom. The molecule has 122 valence electrons. The van der Waals surface area contributed by atoms with Gasteiger partial charge < -0.3 is 4.74 Å². The van der Waals surface area contributed by atoms with Crippen LogP contribution in [0.25, 0.3) is 5.76 Å². The summed E-state index contributed by atoms with van der Waals surface area (Å²) in [5.41, 5.74) is 3.07. The molecule has 1 aliphatic rings. The monoisotopic (exact) mass is 345 g/mol. The summed E-state index contributed by atoms with van der Waals surface area (Å²) < 4.78 is 6.12. The van der Waals surface area contributed by atoms with E-state index in [9.17, 15) is 0 Å². The van der Waals surface area contributed by atoms with E-state index in [-0.39, 0.29) is 6.04 Å². The highest BCUT2D eigenvalue weighted by molar-refractivity contribution is 6.30. The lowest BCUT2D eigenvalue weighted by molar-refractivity contribution is 0.486. The molecule has 0 N–H and O–H groups in total. The first kappa shape index (κ1) is 15.7. The van der Waals surface area contributed by atoms with Gasteiger partial charge in [-0.2, -0.15) is 0 Å². The van der Waals surface area contributed by atoms with Crippen LogP contribution in [0.3, 0.4) is 0 Å². The summed E-state index contributed by atoms with van der Waals surface area (Å²) >= 11 is 6.01. The van der Waals surface area contributed by atoms with E-state index in [0.717, 1.165) is 22.4 Å². The van der Waals surface area contributed by atoms with E-state index in [2.05, 4.69) is 18.2 Å². The molecule has 0 saturated heterocycles. The van der Waals surface area contributed by atoms with Gasteiger partial charge in [-0.15, -0.1) is 0 Å². The Kier molecular flexibility index (Phi) is 4.36. The van der Waals surface area contributed by atoms with Crippen molar-refractivity contribution < 1.29 is 4.74 Å². The van der Waals surface area contributed by atoms with Crippen LogP contribution in [0.15, 0.2) is 96.0 Å². The van der Waals surface area contributed by atoms with E-state index >= 15 is 0 Å². The predicted molar refractivity (Wildman–Crippen MR) is 103 cm³/mol. The predicted octanol–water partition coefficient (Wildman–Crippen LogP) is 5.90. The molecule has 2 nitrogen and oxygen atoms in total. The molecule has 1 aliphatic heterocycles. The van der Waals surface area contributed by atoms with Gasteiger partial charge in [0.05, 0.1) is 0 Å². The molecular weight excluding hydrogens is 330 g/mol. The number of ether oxygens (including phenoxy) is 1. The van der Waals surface area contributed by atoms with Crippen molar-refractivity contribution in [1.82, 2.24) is 0 Å². The molecule has 0 spiro atoms. The first-order chi connectivity index (χ1) is 12.3. The number of hydrogen-bond acceptors (Lipinski definition) is 2. The molecule has 3 aromatic rings. The molecule has 0 saturated carbocycles. The quantitative estimate of drug-likeness (QED) is 0.579. The van der Waals surface area contributed by atoms with Crippen molar-refractivity contribution in [3.8, 4) is 0 Å². The number of rotatable bonds is 3. The summed E-state index contributed by atoms with van der Waals surface area (Å²) in [4.78, 5) is 4.80. The Morgan fingerprint density at radius 1 is 0.720 bits per heavy atom. The van der Waals surface area contributed by atoms with Crippen LogP contribution in [0.2, 0.25) is 5.02 Å². The zero-order valence-electron chi connectivity index (χ0n) is 13.5. The Morgan fingerprint density at radius 2 is 1.36 bits per heavy atom. The second kappa shape index (κ2) is 6.96. The molecule has 0 aromatic heterocycles. The maximum atomic E-state index is 6.12. The lowest BCUT2D eigenvalue weighted by atomic mass is 10.0. The van der Waals surface area contributed by atoms with Crippen LogP contribution >= 0.6 is 11.6 Å². The van der Waals surface area contributed by atoms with E-state index in [1.165, 1.54) is 0 Å². The fourth-order valence-electron chi connectivity index (χ4n) is 2.78. The van der Waals surface area contributed by atoms with Gasteiger partial charge in [-0.25, -0.2) is 4.99 Å². The van der Waals surface area contributed by atoms with Gasteiger partial charge >= 0.3 is 0 Å². The van der Waals surface area contributed by atoms with Gasteiger partial charge in [0.25, 0.3) is 0 Å². The van der Waals surface area contributed by atoms with E-state index in [1.54, 1.807) is 0 Å². The molecule has 1 unspecified atom stereocenters. The zero-order valence-corrected chi connectivity index (χ0v) is 14.2. The Hall–Kier alpha value is -2.84. The van der Waals surface area contributed by atoms with Crippen LogP contribution in [-0.2, 0) is 4.74 Å². The first-order valence-electron chi connectivity index (χ1n) is 8.13. The van der Waals surface area contributed by atoms with E-state index in [0.29, 0.717) is 10.9 Å². The lowest BCUT2D eigenvalue weighted by Crippen LogP contribution is -2.13. The first-order valence-corrected chi connectivity index (χ1v) is 8.51. The molecule has 3 heteroatoms. The molecule has 3 aromatic carbocycles. The molecule has 1 atom stereocenters. The van der Waals surface area contributed by atoms with E-state index in [4.69, 9.17) is 21.3 Å². The topological polar surface area (TPSA) is 21.6 Å². The SMILES string of the molecule is Clc1ccc(C2=NC(c3ccccc3)C=C(c3ccccc3)O2)cc1. The highest BCUT2D eigenvalue weighted by atomic mass is 35.5. The van der Waals surface area contributed by atoms with Gasteiger partial charge in [0.15, 0.2) is 0 Å². The Labute approximate surface area is 152 Å². The van der Waals surface area contributed by atoms with Gasteiger partial charge in [0, 0.05) is 16.1 Å². The summed E-state index contributed by atoms with van der Waals surface area (Å²) in [6, 6.07) is 27.8. The summed E-state index contributed by atoms with van der Waals surface area (Å²) in [7, 11) is 0. The van der Waals surface area contributed by atoms with Crippen molar-refractivity contribution in [1.29, 1.82) is 0 Å². The summed E-state index contributed by atoms with van der Waals surface area (Å²) in [5.74, 6) is 1.42. The minimum Gasteiger partial charge on any atom is -0.438 e. The fourth-order valence-corrected chi connectivity index (χ4v) is 2.90. The highest BCUT2D eigenvalue weighted by Crippen LogP contribution is 2.31. The van der Waals surface area contributed by atoms with Crippen molar-refractivity contribution in [3.05, 3.63) is 113 Å². The average Bonchev–Trinajstić information content (AvgIpc) is 2.69. The molecule has 0 radical (unpaired) electrons. The third-order valence-electron chi connectivity index (χ3n) is 4.06. The van der Waals surface area contributed by atoms with Crippen molar-refractivity contribution in [3.63, 3.8) is 0 Å². The van der Waals surface area contributed by atoms with Crippen LogP contribution in [-0.4, -0.2) is 5.90 Å². The zero-order chi connectivity index (χ0) is 17.1. The van der Waals surface area contributed by atoms with Crippen molar-refractivity contribution in [2.24, 2.45) is 4.99 Å². The second-order valence-electron chi connectivity index (χ2n) is 5.80. The van der Waals surface area contributed by atoms with Crippen molar-refractivity contribution >= 4 is 23.3 Å². The van der Waals surface area contributed by atoms with Crippen LogP contribution in [0, 0.1) is 0 Å². The molecule has 25 heavy (non-hydrogen) atoms. The van der Waals surface area contributed by atoms with Crippen molar-refractivity contribution in [2.75, 3.05) is 0 Å². The van der Waals surface area contributed by atoms with Gasteiger partial charge in [0.1, 0.15) is 11.8 Å². The molecule has 0 fully saturated rings. The van der Waals surface area contributed by atoms with Gasteiger partial charge in [0.2, 0.25) is 5.90 Å². The minimum absolute atomic E-state index is 0.0872. The van der Waals surface area contributed by atoms with Crippen LogP contribution < -0.4 is 0 Å². The largest absolute Gasteiger partial charge is 0.438 e. The summed E-state index contributed by atoms with van der Waals surface area (Å²) in [6.45, 7) is 0. The summed E-state index contributed by atoms with van der Waals surface area (Å²) in [5, 5.41) is 0.693. The lowest BCUT2D eigenvalue weighted by Gasteiger charge is -2.22. The average molecular weight is 346 g/mol. The maximum Gasteiger partial charge on any atom is 0.222 e. The van der Waals surface area contributed by atoms with Gasteiger partial charge in [-0.3, -0.25) is 0 Å². The number of aliphatic imine (C=N–C) groups is 1. The Balaban J connectivity index is 1.77. The molecule has 4 rings (SSSR count). The molecule has 1 heterocycles. The summed E-state index contributed by atoms with van der Waals surface area (Å²) in [6.07, 6.45) is 2.06. The highest BCUT2D eigenvalue weighted by Gasteiger charge is 2.21. The van der Waals surface area contributed by atoms with Gasteiger partial charge in [-0.1, -0.05) is 72.3 Å². The van der Waals surface area contributed by atoms with Crippen LogP contribution in [0.1, 0.15) is 22.7 Å². The van der Waals surface area contributed by atoms with Gasteiger partial charge in [-0.05, 0) is 35.9 Å². The van der Waals surface area contributed by atoms with Crippen LogP contribution in [0.4, 0.5) is 0 Å². The van der Waals surface area contributed by atoms with E-state index < -0.39 is 0 Å². The van der Waals surface area contributed by atoms with E-state index in [1.807, 2.05) is 72.8 Å².